The zero-order chi connectivity index (χ0) is 21.4. The number of benzene rings is 2. The number of anilines is 1. The van der Waals surface area contributed by atoms with Crippen LogP contribution in [0.4, 0.5) is 14.8 Å². The number of carbonyl (C=O) groups excluding carboxylic acids is 1. The Hall–Kier alpha value is -3.49. The van der Waals surface area contributed by atoms with E-state index in [4.69, 9.17) is 9.15 Å². The van der Waals surface area contributed by atoms with Gasteiger partial charge in [0, 0.05) is 13.1 Å². The molecule has 0 aliphatic carbocycles. The average molecular weight is 426 g/mol. The van der Waals surface area contributed by atoms with Gasteiger partial charge in [-0.3, -0.25) is 9.36 Å². The van der Waals surface area contributed by atoms with Crippen LogP contribution in [-0.4, -0.2) is 33.6 Å². The van der Waals surface area contributed by atoms with Crippen molar-refractivity contribution in [2.45, 2.75) is 26.0 Å². The smallest absolute Gasteiger partial charge is 0.320 e. The minimum atomic E-state index is -2.76. The molecule has 1 aliphatic heterocycles. The summed E-state index contributed by atoms with van der Waals surface area (Å²) in [6.07, 6.45) is 1.14. The van der Waals surface area contributed by atoms with Crippen LogP contribution in [0.25, 0.3) is 22.1 Å². The number of carbonyl (C=O) groups is 1. The van der Waals surface area contributed by atoms with Crippen molar-refractivity contribution in [1.82, 2.24) is 14.5 Å². The maximum Gasteiger partial charge on any atom is 0.320 e. The van der Waals surface area contributed by atoms with Gasteiger partial charge in [0.1, 0.15) is 12.1 Å². The van der Waals surface area contributed by atoms with Gasteiger partial charge in [-0.2, -0.15) is 13.8 Å². The highest BCUT2D eigenvalue weighted by Gasteiger charge is 2.29. The van der Waals surface area contributed by atoms with Crippen molar-refractivity contribution in [1.29, 1.82) is 0 Å². The number of oxazole rings is 1. The average Bonchev–Trinajstić information content (AvgIpc) is 3.39. The number of alkyl halides is 2. The molecule has 1 fully saturated rings. The van der Waals surface area contributed by atoms with Crippen molar-refractivity contribution >= 4 is 34.1 Å². The summed E-state index contributed by atoms with van der Waals surface area (Å²) in [5.41, 5.74) is 2.28. The molecule has 0 N–H and O–H groups in total. The number of nitrogens with zero attached hydrogens (tertiary/aromatic N) is 4. The Morgan fingerprint density at radius 2 is 1.77 bits per heavy atom. The molecule has 3 heterocycles. The Balaban J connectivity index is 1.21. The van der Waals surface area contributed by atoms with Gasteiger partial charge in [-0.05, 0) is 37.1 Å². The number of imidazole rings is 1. The molecule has 7 nitrogen and oxygen atoms in total. The second-order valence-electron chi connectivity index (χ2n) is 7.50. The molecule has 0 spiro atoms. The predicted octanol–water partition coefficient (Wildman–Crippen LogP) is 4.53. The number of halogens is 2. The minimum absolute atomic E-state index is 0.0356. The molecule has 0 radical (unpaired) electrons. The zero-order valence-electron chi connectivity index (χ0n) is 16.6. The lowest BCUT2D eigenvalue weighted by Gasteiger charge is -2.29. The number of hydrogen-bond donors (Lipinski definition) is 0. The summed E-state index contributed by atoms with van der Waals surface area (Å²) < 4.78 is 39.0. The van der Waals surface area contributed by atoms with Crippen LogP contribution in [0.1, 0.15) is 25.2 Å². The van der Waals surface area contributed by atoms with Crippen molar-refractivity contribution in [3.8, 4) is 0 Å². The van der Waals surface area contributed by atoms with Gasteiger partial charge >= 0.3 is 12.5 Å². The summed E-state index contributed by atoms with van der Waals surface area (Å²) in [6, 6.07) is 14.7. The normalized spacial score (nSPS) is 15.3. The molecule has 1 aliphatic rings. The molecule has 0 amide bonds. The maximum atomic E-state index is 13.5. The number of piperidine rings is 1. The topological polar surface area (TPSA) is 73.4 Å². The minimum Gasteiger partial charge on any atom is -0.457 e. The molecule has 160 valence electrons. The summed E-state index contributed by atoms with van der Waals surface area (Å²) in [6.45, 7) is -1.85. The van der Waals surface area contributed by atoms with Crippen molar-refractivity contribution in [2.75, 3.05) is 18.0 Å². The molecule has 9 heteroatoms. The van der Waals surface area contributed by atoms with E-state index in [1.807, 2.05) is 29.2 Å². The number of ether oxygens (including phenoxy) is 1. The molecule has 0 saturated carbocycles. The first kappa shape index (κ1) is 19.5. The van der Waals surface area contributed by atoms with Gasteiger partial charge in [0.15, 0.2) is 11.4 Å². The van der Waals surface area contributed by atoms with Gasteiger partial charge in [0.2, 0.25) is 0 Å². The Kier molecular flexibility index (Phi) is 5.01. The van der Waals surface area contributed by atoms with Crippen LogP contribution in [0.5, 0.6) is 0 Å². The number of rotatable bonds is 5. The fourth-order valence-electron chi connectivity index (χ4n) is 3.97. The molecule has 0 bridgehead atoms. The third-order valence-electron chi connectivity index (χ3n) is 5.59. The fourth-order valence-corrected chi connectivity index (χ4v) is 3.97. The molecular formula is C22H20F2N4O3. The quantitative estimate of drug-likeness (QED) is 0.437. The van der Waals surface area contributed by atoms with Crippen molar-refractivity contribution in [2.24, 2.45) is 5.92 Å². The lowest BCUT2D eigenvalue weighted by molar-refractivity contribution is -0.151. The summed E-state index contributed by atoms with van der Waals surface area (Å²) in [7, 11) is 0. The van der Waals surface area contributed by atoms with Crippen molar-refractivity contribution < 1.29 is 22.7 Å². The second-order valence-corrected chi connectivity index (χ2v) is 7.50. The van der Waals surface area contributed by atoms with E-state index in [0.717, 1.165) is 15.7 Å². The Morgan fingerprint density at radius 1 is 1.06 bits per heavy atom. The first-order valence-corrected chi connectivity index (χ1v) is 10.1. The van der Waals surface area contributed by atoms with E-state index < -0.39 is 12.5 Å². The van der Waals surface area contributed by atoms with Crippen LogP contribution in [0.15, 0.2) is 52.9 Å². The highest BCUT2D eigenvalue weighted by Crippen LogP contribution is 2.28. The number of aromatic nitrogens is 3. The van der Waals surface area contributed by atoms with Crippen molar-refractivity contribution in [3.05, 3.63) is 54.4 Å². The van der Waals surface area contributed by atoms with E-state index in [0.29, 0.717) is 43.0 Å². The largest absolute Gasteiger partial charge is 0.457 e. The van der Waals surface area contributed by atoms with Crippen LogP contribution in [-0.2, 0) is 16.1 Å². The third kappa shape index (κ3) is 3.71. The summed E-state index contributed by atoms with van der Waals surface area (Å²) in [5, 5.41) is 0. The van der Waals surface area contributed by atoms with Crippen LogP contribution in [0.2, 0.25) is 0 Å². The molecule has 0 atom stereocenters. The molecule has 4 aromatic rings. The lowest BCUT2D eigenvalue weighted by atomic mass is 9.97. The standard InChI is InChI=1S/C22H20F2N4O3/c23-21(24)28-17-7-3-1-5-15(17)25-19(28)13-30-20(29)14-9-11-27(12-10-14)22-26-16-6-2-4-8-18(16)31-22/h1-8,14,21H,9-13H2. The third-order valence-corrected chi connectivity index (χ3v) is 5.59. The Morgan fingerprint density at radius 3 is 2.52 bits per heavy atom. The predicted molar refractivity (Wildman–Crippen MR) is 110 cm³/mol. The Bertz CT molecular complexity index is 1190. The van der Waals surface area contributed by atoms with E-state index in [9.17, 15) is 13.6 Å². The highest BCUT2D eigenvalue weighted by atomic mass is 19.3. The highest BCUT2D eigenvalue weighted by molar-refractivity contribution is 5.77. The number of hydrogen-bond acceptors (Lipinski definition) is 6. The monoisotopic (exact) mass is 426 g/mol. The van der Waals surface area contributed by atoms with Crippen LogP contribution in [0, 0.1) is 5.92 Å². The van der Waals surface area contributed by atoms with Gasteiger partial charge in [0.05, 0.1) is 17.0 Å². The molecule has 0 unspecified atom stereocenters. The second kappa shape index (κ2) is 7.98. The van der Waals surface area contributed by atoms with E-state index >= 15 is 0 Å². The molecule has 31 heavy (non-hydrogen) atoms. The van der Waals surface area contributed by atoms with Gasteiger partial charge in [-0.15, -0.1) is 0 Å². The summed E-state index contributed by atoms with van der Waals surface area (Å²) >= 11 is 0. The molecular weight excluding hydrogens is 406 g/mol. The van der Waals surface area contributed by atoms with Gasteiger partial charge in [-0.25, -0.2) is 4.98 Å². The first-order chi connectivity index (χ1) is 15.1. The van der Waals surface area contributed by atoms with E-state index in [1.165, 1.54) is 0 Å². The van der Waals surface area contributed by atoms with Crippen LogP contribution < -0.4 is 4.90 Å². The summed E-state index contributed by atoms with van der Waals surface area (Å²) in [5.74, 6) is -0.663. The molecule has 5 rings (SSSR count). The number of para-hydroxylation sites is 4. The molecule has 2 aromatic carbocycles. The van der Waals surface area contributed by atoms with E-state index in [-0.39, 0.29) is 18.3 Å². The first-order valence-electron chi connectivity index (χ1n) is 10.1. The number of esters is 1. The van der Waals surface area contributed by atoms with Gasteiger partial charge in [0.25, 0.3) is 6.01 Å². The van der Waals surface area contributed by atoms with E-state index in [1.54, 1.807) is 24.3 Å². The van der Waals surface area contributed by atoms with Crippen LogP contribution >= 0.6 is 0 Å². The molecule has 1 saturated heterocycles. The lowest BCUT2D eigenvalue weighted by Crippen LogP contribution is -2.37. The van der Waals surface area contributed by atoms with Gasteiger partial charge in [-0.1, -0.05) is 24.3 Å². The molecule has 2 aromatic heterocycles. The van der Waals surface area contributed by atoms with Crippen LogP contribution in [0.3, 0.4) is 0 Å². The maximum absolute atomic E-state index is 13.5. The van der Waals surface area contributed by atoms with Crippen molar-refractivity contribution in [3.63, 3.8) is 0 Å². The Labute approximate surface area is 176 Å². The number of fused-ring (bicyclic) bond motifs is 2. The fraction of sp³-hybridized carbons (Fsp3) is 0.318. The zero-order valence-corrected chi connectivity index (χ0v) is 16.6. The van der Waals surface area contributed by atoms with E-state index in [2.05, 4.69) is 9.97 Å². The SMILES string of the molecule is O=C(OCc1nc2ccccc2n1C(F)F)C1CCN(c2nc3ccccc3o2)CC1. The summed E-state index contributed by atoms with van der Waals surface area (Å²) in [4.78, 5) is 23.2. The van der Waals surface area contributed by atoms with Gasteiger partial charge < -0.3 is 14.1 Å².